The number of hydrogen-bond donors (Lipinski definition) is 1. The average Bonchev–Trinajstić information content (AvgIpc) is 2.44. The lowest BCUT2D eigenvalue weighted by atomic mass is 9.82. The highest BCUT2D eigenvalue weighted by molar-refractivity contribution is 6.04. The zero-order chi connectivity index (χ0) is 17.1. The Morgan fingerprint density at radius 1 is 1.33 bits per heavy atom. The molecule has 124 valence electrons. The van der Waals surface area contributed by atoms with Crippen molar-refractivity contribution < 1.29 is 24.2 Å². The first-order valence-corrected chi connectivity index (χ1v) is 8.07. The van der Waals surface area contributed by atoms with Gasteiger partial charge in [0.2, 0.25) is 5.79 Å². The zero-order valence-electron chi connectivity index (χ0n) is 13.6. The molecule has 4 rings (SSSR count). The third-order valence-corrected chi connectivity index (χ3v) is 4.48. The molecule has 2 heterocycles. The van der Waals surface area contributed by atoms with Crippen LogP contribution in [-0.2, 0) is 11.2 Å². The predicted molar refractivity (Wildman–Crippen MR) is 86.9 cm³/mol. The van der Waals surface area contributed by atoms with Gasteiger partial charge in [-0.25, -0.2) is 0 Å². The summed E-state index contributed by atoms with van der Waals surface area (Å²) in [5.74, 6) is -0.0739. The lowest BCUT2D eigenvalue weighted by molar-refractivity contribution is -0.123. The topological polar surface area (TPSA) is 72.8 Å². The number of carbonyl (C=O) groups is 2. The standard InChI is InChI=1S/C19H18O5/c1-10(20)6-12-7-11-4-3-5-13-17(11)15(23-12)8-16-18(13)14(21)9-19(2,22)24-16/h4,7-8,22H,3,5-6,9H2,1-2H3/t19-/m0/s1. The van der Waals surface area contributed by atoms with Crippen molar-refractivity contribution in [3.8, 4) is 11.5 Å². The maximum Gasteiger partial charge on any atom is 0.212 e. The number of benzene rings is 1. The molecule has 0 bridgehead atoms. The number of ketones is 2. The van der Waals surface area contributed by atoms with Crippen LogP contribution < -0.4 is 9.47 Å². The molecule has 5 nitrogen and oxygen atoms in total. The summed E-state index contributed by atoms with van der Waals surface area (Å²) >= 11 is 0. The van der Waals surface area contributed by atoms with E-state index in [2.05, 4.69) is 6.08 Å². The van der Waals surface area contributed by atoms with Crippen molar-refractivity contribution in [2.45, 2.75) is 45.3 Å². The molecule has 1 N–H and O–H groups in total. The molecule has 1 aliphatic carbocycles. The van der Waals surface area contributed by atoms with Crippen LogP contribution in [0.2, 0.25) is 0 Å². The number of hydrogen-bond acceptors (Lipinski definition) is 5. The molecule has 0 amide bonds. The molecule has 5 heteroatoms. The Balaban J connectivity index is 1.88. The van der Waals surface area contributed by atoms with Gasteiger partial charge in [-0.15, -0.1) is 0 Å². The van der Waals surface area contributed by atoms with E-state index in [1.165, 1.54) is 13.8 Å². The molecule has 0 saturated carbocycles. The van der Waals surface area contributed by atoms with Crippen molar-refractivity contribution >= 4 is 17.1 Å². The average molecular weight is 326 g/mol. The summed E-state index contributed by atoms with van der Waals surface area (Å²) in [6, 6.07) is 1.66. The fraction of sp³-hybridized carbons (Fsp3) is 0.368. The maximum absolute atomic E-state index is 12.5. The van der Waals surface area contributed by atoms with E-state index in [4.69, 9.17) is 9.47 Å². The highest BCUT2D eigenvalue weighted by Gasteiger charge is 2.39. The van der Waals surface area contributed by atoms with Crippen molar-refractivity contribution in [2.24, 2.45) is 0 Å². The van der Waals surface area contributed by atoms with Gasteiger partial charge in [0.1, 0.15) is 23.0 Å². The maximum atomic E-state index is 12.5. The van der Waals surface area contributed by atoms with Crippen molar-refractivity contribution in [3.63, 3.8) is 0 Å². The van der Waals surface area contributed by atoms with Crippen LogP contribution in [0.25, 0.3) is 5.57 Å². The summed E-state index contributed by atoms with van der Waals surface area (Å²) in [5.41, 5.74) is 3.36. The van der Waals surface area contributed by atoms with Crippen molar-refractivity contribution in [1.82, 2.24) is 0 Å². The fourth-order valence-corrected chi connectivity index (χ4v) is 3.66. The Kier molecular flexibility index (Phi) is 3.18. The first-order valence-electron chi connectivity index (χ1n) is 8.07. The zero-order valence-corrected chi connectivity index (χ0v) is 13.6. The van der Waals surface area contributed by atoms with Gasteiger partial charge in [-0.1, -0.05) is 6.08 Å². The molecule has 1 atom stereocenters. The third kappa shape index (κ3) is 2.36. The molecule has 2 aliphatic heterocycles. The van der Waals surface area contributed by atoms with Gasteiger partial charge in [-0.2, -0.15) is 0 Å². The second-order valence-electron chi connectivity index (χ2n) is 6.77. The van der Waals surface area contributed by atoms with Gasteiger partial charge >= 0.3 is 0 Å². The van der Waals surface area contributed by atoms with Crippen molar-refractivity contribution in [3.05, 3.63) is 40.7 Å². The molecule has 0 saturated heterocycles. The van der Waals surface area contributed by atoms with E-state index in [0.717, 1.165) is 29.5 Å². The Hall–Kier alpha value is -2.40. The number of carbonyl (C=O) groups excluding carboxylic acids is 2. The molecular formula is C19H18O5. The normalized spacial score (nSPS) is 24.0. The van der Waals surface area contributed by atoms with Gasteiger partial charge in [0.05, 0.1) is 18.4 Å². The summed E-state index contributed by atoms with van der Waals surface area (Å²) in [6.45, 7) is 3.00. The van der Waals surface area contributed by atoms with E-state index >= 15 is 0 Å². The summed E-state index contributed by atoms with van der Waals surface area (Å²) in [7, 11) is 0. The number of allylic oxidation sites excluding steroid dienone is 4. The predicted octanol–water partition coefficient (Wildman–Crippen LogP) is 2.95. The number of Topliss-reactive ketones (excluding diaryl/α,β-unsaturated/α-hetero) is 2. The third-order valence-electron chi connectivity index (χ3n) is 4.48. The number of fused-ring (bicyclic) bond motifs is 2. The van der Waals surface area contributed by atoms with Gasteiger partial charge in [-0.3, -0.25) is 9.59 Å². The van der Waals surface area contributed by atoms with E-state index in [-0.39, 0.29) is 24.4 Å². The van der Waals surface area contributed by atoms with E-state index in [0.29, 0.717) is 22.8 Å². The molecule has 1 aromatic rings. The first kappa shape index (κ1) is 15.1. The second-order valence-corrected chi connectivity index (χ2v) is 6.77. The monoisotopic (exact) mass is 326 g/mol. The Morgan fingerprint density at radius 3 is 2.88 bits per heavy atom. The van der Waals surface area contributed by atoms with Crippen LogP contribution >= 0.6 is 0 Å². The van der Waals surface area contributed by atoms with E-state index in [1.807, 2.05) is 6.08 Å². The van der Waals surface area contributed by atoms with Crippen LogP contribution in [0.4, 0.5) is 0 Å². The van der Waals surface area contributed by atoms with Crippen LogP contribution in [0.1, 0.15) is 54.6 Å². The van der Waals surface area contributed by atoms with E-state index in [1.54, 1.807) is 6.07 Å². The second kappa shape index (κ2) is 5.05. The number of rotatable bonds is 2. The minimum absolute atomic E-state index is 0.0219. The SMILES string of the molecule is CC(=O)CC1=CC2=CCCc3c4c(cc(c32)O1)O[C@](C)(O)CC4=O. The van der Waals surface area contributed by atoms with E-state index in [9.17, 15) is 14.7 Å². The largest absolute Gasteiger partial charge is 0.461 e. The van der Waals surface area contributed by atoms with Gasteiger partial charge in [0, 0.05) is 18.6 Å². The number of aliphatic hydroxyl groups is 1. The molecule has 0 unspecified atom stereocenters. The highest BCUT2D eigenvalue weighted by Crippen LogP contribution is 2.47. The lowest BCUT2D eigenvalue weighted by Gasteiger charge is -2.34. The Labute approximate surface area is 139 Å². The molecule has 0 aromatic heterocycles. The quantitative estimate of drug-likeness (QED) is 0.904. The van der Waals surface area contributed by atoms with Crippen molar-refractivity contribution in [2.75, 3.05) is 0 Å². The first-order chi connectivity index (χ1) is 11.3. The minimum atomic E-state index is -1.51. The number of ether oxygens (including phenoxy) is 2. The van der Waals surface area contributed by atoms with Gasteiger partial charge in [0.15, 0.2) is 5.78 Å². The summed E-state index contributed by atoms with van der Waals surface area (Å²) < 4.78 is 11.5. The molecule has 0 fully saturated rings. The van der Waals surface area contributed by atoms with Gasteiger partial charge < -0.3 is 14.6 Å². The van der Waals surface area contributed by atoms with Crippen LogP contribution in [0, 0.1) is 0 Å². The Bertz CT molecular complexity index is 842. The lowest BCUT2D eigenvalue weighted by Crippen LogP contribution is -2.39. The highest BCUT2D eigenvalue weighted by atomic mass is 16.6. The van der Waals surface area contributed by atoms with Gasteiger partial charge in [-0.05, 0) is 37.0 Å². The molecule has 3 aliphatic rings. The van der Waals surface area contributed by atoms with Gasteiger partial charge in [0.25, 0.3) is 0 Å². The van der Waals surface area contributed by atoms with Crippen molar-refractivity contribution in [1.29, 1.82) is 0 Å². The van der Waals surface area contributed by atoms with Crippen LogP contribution in [0.15, 0.2) is 24.0 Å². The van der Waals surface area contributed by atoms with E-state index < -0.39 is 5.79 Å². The molecule has 1 aromatic carbocycles. The summed E-state index contributed by atoms with van der Waals surface area (Å²) in [6.07, 6.45) is 5.68. The summed E-state index contributed by atoms with van der Waals surface area (Å²) in [5, 5.41) is 10.1. The van der Waals surface area contributed by atoms with Crippen LogP contribution in [-0.4, -0.2) is 22.5 Å². The fourth-order valence-electron chi connectivity index (χ4n) is 3.66. The Morgan fingerprint density at radius 2 is 2.12 bits per heavy atom. The minimum Gasteiger partial charge on any atom is -0.461 e. The molecule has 0 radical (unpaired) electrons. The molecule has 24 heavy (non-hydrogen) atoms. The summed E-state index contributed by atoms with van der Waals surface area (Å²) in [4.78, 5) is 24.0. The molecular weight excluding hydrogens is 308 g/mol. The smallest absolute Gasteiger partial charge is 0.212 e. The molecule has 0 spiro atoms. The van der Waals surface area contributed by atoms with Crippen LogP contribution in [0.5, 0.6) is 11.5 Å². The van der Waals surface area contributed by atoms with Crippen LogP contribution in [0.3, 0.4) is 0 Å².